The third-order valence-electron chi connectivity index (χ3n) is 2.11. The predicted octanol–water partition coefficient (Wildman–Crippen LogP) is 1.40. The average Bonchev–Trinajstić information content (AvgIpc) is 2.64. The molecule has 0 aromatic carbocycles. The third kappa shape index (κ3) is 3.75. The molecule has 1 aromatic heterocycles. The van der Waals surface area contributed by atoms with Crippen LogP contribution in [0.3, 0.4) is 0 Å². The van der Waals surface area contributed by atoms with E-state index in [1.54, 1.807) is 11.4 Å². The van der Waals surface area contributed by atoms with E-state index in [9.17, 15) is 15.0 Å². The lowest BCUT2D eigenvalue weighted by atomic mass is 10.1. The minimum Gasteiger partial charge on any atom is -0.481 e. The van der Waals surface area contributed by atoms with Crippen molar-refractivity contribution in [2.75, 3.05) is 5.88 Å². The smallest absolute Gasteiger partial charge is 0.308 e. The van der Waals surface area contributed by atoms with E-state index >= 15 is 0 Å². The molecule has 2 unspecified atom stereocenters. The van der Waals surface area contributed by atoms with Crippen molar-refractivity contribution in [3.05, 3.63) is 21.9 Å². The van der Waals surface area contributed by atoms with Gasteiger partial charge in [-0.05, 0) is 23.4 Å². The van der Waals surface area contributed by atoms with E-state index in [2.05, 4.69) is 0 Å². The summed E-state index contributed by atoms with van der Waals surface area (Å²) in [7, 11) is 0. The van der Waals surface area contributed by atoms with Gasteiger partial charge in [-0.15, -0.1) is 22.9 Å². The maximum atomic E-state index is 10.5. The molecule has 0 saturated heterocycles. The van der Waals surface area contributed by atoms with Gasteiger partial charge in [0.25, 0.3) is 0 Å². The minimum atomic E-state index is -1.00. The fourth-order valence-corrected chi connectivity index (χ4v) is 2.42. The van der Waals surface area contributed by atoms with Crippen LogP contribution in [0.2, 0.25) is 0 Å². The van der Waals surface area contributed by atoms with Gasteiger partial charge in [-0.2, -0.15) is 0 Å². The van der Waals surface area contributed by atoms with Crippen molar-refractivity contribution >= 4 is 28.9 Å². The fourth-order valence-electron chi connectivity index (χ4n) is 1.29. The molecule has 3 N–H and O–H groups in total. The van der Waals surface area contributed by atoms with E-state index in [1.807, 2.05) is 0 Å². The maximum absolute atomic E-state index is 10.5. The normalized spacial score (nSPS) is 14.7. The number of hydrogen-bond donors (Lipinski definition) is 3. The lowest BCUT2D eigenvalue weighted by molar-refractivity contribution is -0.136. The molecule has 0 aliphatic carbocycles. The Hall–Kier alpha value is -0.620. The van der Waals surface area contributed by atoms with Gasteiger partial charge < -0.3 is 15.3 Å². The number of alkyl halides is 1. The summed E-state index contributed by atoms with van der Waals surface area (Å²) in [6.45, 7) is 0. The van der Waals surface area contributed by atoms with Gasteiger partial charge >= 0.3 is 5.97 Å². The second-order valence-electron chi connectivity index (χ2n) is 3.41. The highest BCUT2D eigenvalue weighted by molar-refractivity contribution is 7.10. The summed E-state index contributed by atoms with van der Waals surface area (Å²) in [6.07, 6.45) is -1.68. The lowest BCUT2D eigenvalue weighted by Gasteiger charge is -2.15. The molecule has 4 nitrogen and oxygen atoms in total. The second kappa shape index (κ2) is 6.20. The molecule has 2 atom stereocenters. The van der Waals surface area contributed by atoms with Crippen LogP contribution in [0, 0.1) is 0 Å². The van der Waals surface area contributed by atoms with Crippen LogP contribution in [0.4, 0.5) is 0 Å². The molecule has 0 amide bonds. The van der Waals surface area contributed by atoms with Gasteiger partial charge in [0.1, 0.15) is 6.10 Å². The van der Waals surface area contributed by atoms with Crippen LogP contribution in [0.5, 0.6) is 0 Å². The standard InChI is InChI=1S/C10H13ClO4S/c11-2-1-8(12)10(15)6-3-7(16-5-6)4-9(13)14/h3,5,8,10,12,15H,1-2,4H2,(H,13,14). The Labute approximate surface area is 102 Å². The first-order valence-electron chi connectivity index (χ1n) is 4.75. The number of thiophene rings is 1. The topological polar surface area (TPSA) is 77.8 Å². The zero-order valence-electron chi connectivity index (χ0n) is 8.47. The van der Waals surface area contributed by atoms with Gasteiger partial charge in [0.2, 0.25) is 0 Å². The van der Waals surface area contributed by atoms with Crippen molar-refractivity contribution in [1.29, 1.82) is 0 Å². The molecule has 1 rings (SSSR count). The summed E-state index contributed by atoms with van der Waals surface area (Å²) in [5.41, 5.74) is 0.541. The predicted molar refractivity (Wildman–Crippen MR) is 62.0 cm³/mol. The Morgan fingerprint density at radius 1 is 1.50 bits per heavy atom. The van der Waals surface area contributed by atoms with E-state index in [0.29, 0.717) is 16.9 Å². The number of carbonyl (C=O) groups is 1. The Morgan fingerprint density at radius 2 is 2.19 bits per heavy atom. The molecular weight excluding hydrogens is 252 g/mol. The van der Waals surface area contributed by atoms with Crippen LogP contribution in [-0.2, 0) is 11.2 Å². The maximum Gasteiger partial charge on any atom is 0.308 e. The van der Waals surface area contributed by atoms with Crippen molar-refractivity contribution in [3.63, 3.8) is 0 Å². The van der Waals surface area contributed by atoms with Crippen LogP contribution < -0.4 is 0 Å². The zero-order chi connectivity index (χ0) is 12.1. The van der Waals surface area contributed by atoms with Crippen LogP contribution >= 0.6 is 22.9 Å². The van der Waals surface area contributed by atoms with Crippen LogP contribution in [0.1, 0.15) is 23.0 Å². The quantitative estimate of drug-likeness (QED) is 0.679. The van der Waals surface area contributed by atoms with Gasteiger partial charge in [-0.1, -0.05) is 0 Å². The molecule has 0 radical (unpaired) electrons. The first kappa shape index (κ1) is 13.4. The Bertz CT molecular complexity index is 352. The summed E-state index contributed by atoms with van der Waals surface area (Å²) in [6, 6.07) is 1.60. The van der Waals surface area contributed by atoms with E-state index < -0.39 is 18.2 Å². The summed E-state index contributed by atoms with van der Waals surface area (Å²) < 4.78 is 0. The number of aliphatic carboxylic acids is 1. The third-order valence-corrected chi connectivity index (χ3v) is 3.28. The number of carboxylic acid groups (broad SMARTS) is 1. The number of rotatable bonds is 6. The first-order chi connectivity index (χ1) is 7.54. The number of aliphatic hydroxyl groups excluding tert-OH is 2. The van der Waals surface area contributed by atoms with Gasteiger partial charge in [-0.25, -0.2) is 0 Å². The molecular formula is C10H13ClO4S. The number of halogens is 1. The van der Waals surface area contributed by atoms with E-state index in [4.69, 9.17) is 16.7 Å². The molecule has 0 fully saturated rings. The molecule has 16 heavy (non-hydrogen) atoms. The summed E-state index contributed by atoms with van der Waals surface area (Å²) in [5, 5.41) is 29.5. The Balaban J connectivity index is 2.65. The fraction of sp³-hybridized carbons (Fsp3) is 0.500. The molecule has 0 aliphatic heterocycles. The van der Waals surface area contributed by atoms with Gasteiger partial charge in [-0.3, -0.25) is 4.79 Å². The molecule has 0 aliphatic rings. The van der Waals surface area contributed by atoms with Gasteiger partial charge in [0.15, 0.2) is 0 Å². The average molecular weight is 265 g/mol. The summed E-state index contributed by atoms with van der Waals surface area (Å²) in [4.78, 5) is 11.1. The van der Waals surface area contributed by atoms with Crippen molar-refractivity contribution < 1.29 is 20.1 Å². The lowest BCUT2D eigenvalue weighted by Crippen LogP contribution is -2.18. The molecule has 1 aromatic rings. The van der Waals surface area contributed by atoms with E-state index in [0.717, 1.165) is 0 Å². The van der Waals surface area contributed by atoms with Crippen molar-refractivity contribution in [3.8, 4) is 0 Å². The molecule has 0 spiro atoms. The number of aliphatic hydroxyl groups is 2. The highest BCUT2D eigenvalue weighted by Gasteiger charge is 2.19. The van der Waals surface area contributed by atoms with E-state index in [-0.39, 0.29) is 12.3 Å². The minimum absolute atomic E-state index is 0.0665. The van der Waals surface area contributed by atoms with Crippen molar-refractivity contribution in [2.24, 2.45) is 0 Å². The number of hydrogen-bond acceptors (Lipinski definition) is 4. The molecule has 0 bridgehead atoms. The largest absolute Gasteiger partial charge is 0.481 e. The van der Waals surface area contributed by atoms with Gasteiger partial charge in [0, 0.05) is 10.8 Å². The Kier molecular flexibility index (Phi) is 5.21. The molecule has 90 valence electrons. The van der Waals surface area contributed by atoms with Crippen LogP contribution in [0.25, 0.3) is 0 Å². The van der Waals surface area contributed by atoms with Crippen molar-refractivity contribution in [1.82, 2.24) is 0 Å². The van der Waals surface area contributed by atoms with Gasteiger partial charge in [0.05, 0.1) is 12.5 Å². The highest BCUT2D eigenvalue weighted by Crippen LogP contribution is 2.25. The molecule has 0 saturated carbocycles. The molecule has 1 heterocycles. The number of carboxylic acids is 1. The zero-order valence-corrected chi connectivity index (χ0v) is 10.0. The van der Waals surface area contributed by atoms with Crippen molar-refractivity contribution in [2.45, 2.75) is 25.0 Å². The Morgan fingerprint density at radius 3 is 2.75 bits per heavy atom. The summed E-state index contributed by atoms with van der Waals surface area (Å²) in [5.74, 6) is -0.645. The first-order valence-corrected chi connectivity index (χ1v) is 6.17. The monoisotopic (exact) mass is 264 g/mol. The molecule has 6 heteroatoms. The second-order valence-corrected chi connectivity index (χ2v) is 4.78. The SMILES string of the molecule is O=C(O)Cc1cc(C(O)C(O)CCCl)cs1. The van der Waals surface area contributed by atoms with Crippen LogP contribution in [-0.4, -0.2) is 33.3 Å². The van der Waals surface area contributed by atoms with Crippen LogP contribution in [0.15, 0.2) is 11.4 Å². The summed E-state index contributed by atoms with van der Waals surface area (Å²) >= 11 is 6.71. The highest BCUT2D eigenvalue weighted by atomic mass is 35.5. The van der Waals surface area contributed by atoms with E-state index in [1.165, 1.54) is 11.3 Å².